The Morgan fingerprint density at radius 2 is 2.03 bits per heavy atom. The molecule has 0 amide bonds. The van der Waals surface area contributed by atoms with Gasteiger partial charge in [-0.2, -0.15) is 5.10 Å². The van der Waals surface area contributed by atoms with Crippen molar-refractivity contribution in [2.45, 2.75) is 23.9 Å². The van der Waals surface area contributed by atoms with Crippen molar-refractivity contribution < 1.29 is 8.42 Å². The van der Waals surface area contributed by atoms with Crippen LogP contribution in [0.4, 0.5) is 5.69 Å². The van der Waals surface area contributed by atoms with Gasteiger partial charge < -0.3 is 0 Å². The Labute approximate surface area is 220 Å². The third kappa shape index (κ3) is 4.63. The van der Waals surface area contributed by atoms with Crippen molar-refractivity contribution in [2.24, 2.45) is 11.0 Å². The van der Waals surface area contributed by atoms with Crippen LogP contribution in [0.2, 0.25) is 15.2 Å². The minimum atomic E-state index is -3.94. The fraction of sp³-hybridized carbons (Fsp3) is 0.238. The molecular formula is C21H17Cl4N5O2S2. The van der Waals surface area contributed by atoms with Crippen LogP contribution in [-0.2, 0) is 10.0 Å². The second-order valence-electron chi connectivity index (χ2n) is 7.81. The standard InChI is InChI=1S/C21H17Cl4N5O2S2/c22-13-3-1-12(2-4-13)18-10-15(28-30(18)17-6-5-14(23)9-16(17)24)11-26-34(31,32)20-19(25)27-21-29(20)7-8-33-21/h1,3-9,12,18,26H,2,10-11H2/t12?,18-/m0/s1. The van der Waals surface area contributed by atoms with E-state index in [4.69, 9.17) is 51.5 Å². The zero-order chi connectivity index (χ0) is 24.0. The van der Waals surface area contributed by atoms with Gasteiger partial charge in [-0.25, -0.2) is 18.1 Å². The highest BCUT2D eigenvalue weighted by Crippen LogP contribution is 2.38. The molecule has 0 saturated heterocycles. The van der Waals surface area contributed by atoms with E-state index in [1.807, 2.05) is 29.3 Å². The van der Waals surface area contributed by atoms with Crippen LogP contribution >= 0.6 is 57.7 Å². The smallest absolute Gasteiger partial charge is 0.260 e. The van der Waals surface area contributed by atoms with E-state index in [1.165, 1.54) is 15.7 Å². The molecule has 5 rings (SSSR count). The van der Waals surface area contributed by atoms with E-state index in [0.717, 1.165) is 6.42 Å². The molecule has 178 valence electrons. The molecule has 2 atom stereocenters. The number of nitrogens with zero attached hydrogens (tertiary/aromatic N) is 4. The Bertz CT molecular complexity index is 1460. The number of benzene rings is 1. The summed E-state index contributed by atoms with van der Waals surface area (Å²) in [7, 11) is -3.94. The van der Waals surface area contributed by atoms with Crippen LogP contribution in [-0.4, -0.2) is 36.1 Å². The summed E-state index contributed by atoms with van der Waals surface area (Å²) < 4.78 is 30.2. The van der Waals surface area contributed by atoms with Gasteiger partial charge in [0, 0.05) is 34.0 Å². The summed E-state index contributed by atoms with van der Waals surface area (Å²) in [4.78, 5) is 4.61. The molecule has 2 aliphatic rings. The average molecular weight is 577 g/mol. The van der Waals surface area contributed by atoms with E-state index in [-0.39, 0.29) is 28.7 Å². The summed E-state index contributed by atoms with van der Waals surface area (Å²) >= 11 is 26.1. The highest BCUT2D eigenvalue weighted by Gasteiger charge is 2.35. The molecule has 3 heterocycles. The number of nitrogens with one attached hydrogen (secondary N) is 1. The Morgan fingerprint density at radius 1 is 1.21 bits per heavy atom. The Kier molecular flexibility index (Phi) is 6.71. The van der Waals surface area contributed by atoms with Gasteiger partial charge in [0.05, 0.1) is 29.0 Å². The van der Waals surface area contributed by atoms with Crippen LogP contribution in [0.25, 0.3) is 4.96 Å². The van der Waals surface area contributed by atoms with Crippen molar-refractivity contribution in [1.82, 2.24) is 14.1 Å². The third-order valence-corrected chi connectivity index (χ3v) is 9.02. The molecule has 0 bridgehead atoms. The summed E-state index contributed by atoms with van der Waals surface area (Å²) in [6.07, 6.45) is 8.77. The number of halogens is 4. The Balaban J connectivity index is 1.41. The lowest BCUT2D eigenvalue weighted by Crippen LogP contribution is -2.34. The fourth-order valence-electron chi connectivity index (χ4n) is 4.06. The first-order chi connectivity index (χ1) is 16.2. The van der Waals surface area contributed by atoms with Gasteiger partial charge in [0.2, 0.25) is 0 Å². The predicted molar refractivity (Wildman–Crippen MR) is 139 cm³/mol. The van der Waals surface area contributed by atoms with E-state index in [1.54, 1.807) is 23.7 Å². The maximum absolute atomic E-state index is 13.1. The number of hydrazone groups is 1. The lowest BCUT2D eigenvalue weighted by Gasteiger charge is -2.30. The number of thiazole rings is 1. The lowest BCUT2D eigenvalue weighted by molar-refractivity contribution is 0.499. The number of hydrogen-bond donors (Lipinski definition) is 1. The molecule has 3 aromatic rings. The minimum Gasteiger partial charge on any atom is -0.279 e. The van der Waals surface area contributed by atoms with Crippen molar-refractivity contribution in [3.63, 3.8) is 0 Å². The van der Waals surface area contributed by atoms with E-state index in [0.29, 0.717) is 37.9 Å². The molecule has 34 heavy (non-hydrogen) atoms. The van der Waals surface area contributed by atoms with Crippen LogP contribution in [0, 0.1) is 5.92 Å². The van der Waals surface area contributed by atoms with Crippen LogP contribution in [0.3, 0.4) is 0 Å². The molecule has 0 spiro atoms. The molecule has 1 aliphatic heterocycles. The number of sulfonamides is 1. The van der Waals surface area contributed by atoms with Gasteiger partial charge in [-0.05, 0) is 30.7 Å². The van der Waals surface area contributed by atoms with Crippen LogP contribution in [0.5, 0.6) is 0 Å². The summed E-state index contributed by atoms with van der Waals surface area (Å²) in [6, 6.07) is 5.14. The normalized spacial score (nSPS) is 20.8. The van der Waals surface area contributed by atoms with Crippen LogP contribution in [0.1, 0.15) is 12.8 Å². The van der Waals surface area contributed by atoms with Gasteiger partial charge in [0.15, 0.2) is 15.1 Å². The SMILES string of the molecule is O=S(=O)(NCC1=NN(c2ccc(Cl)cc2Cl)[C@H](C2C=CC(Cl)=CC2)C1)c1c(Cl)nc2sccn12. The molecule has 0 radical (unpaired) electrons. The van der Waals surface area contributed by atoms with E-state index in [9.17, 15) is 8.42 Å². The molecule has 1 unspecified atom stereocenters. The zero-order valence-electron chi connectivity index (χ0n) is 17.3. The summed E-state index contributed by atoms with van der Waals surface area (Å²) in [6.45, 7) is 0.0152. The quantitative estimate of drug-likeness (QED) is 0.392. The topological polar surface area (TPSA) is 79.1 Å². The number of rotatable bonds is 6. The molecule has 13 heteroatoms. The number of anilines is 1. The highest BCUT2D eigenvalue weighted by atomic mass is 35.5. The third-order valence-electron chi connectivity index (χ3n) is 5.65. The highest BCUT2D eigenvalue weighted by molar-refractivity contribution is 7.89. The fourth-order valence-corrected chi connectivity index (χ4v) is 7.18. The second-order valence-corrected chi connectivity index (χ2v) is 12.0. The lowest BCUT2D eigenvalue weighted by atomic mass is 9.89. The van der Waals surface area contributed by atoms with Gasteiger partial charge in [-0.1, -0.05) is 58.6 Å². The predicted octanol–water partition coefficient (Wildman–Crippen LogP) is 5.97. The van der Waals surface area contributed by atoms with E-state index in [2.05, 4.69) is 9.71 Å². The molecule has 1 N–H and O–H groups in total. The van der Waals surface area contributed by atoms with Crippen molar-refractivity contribution in [3.8, 4) is 0 Å². The monoisotopic (exact) mass is 575 g/mol. The first kappa shape index (κ1) is 24.1. The molecule has 1 aromatic carbocycles. The Morgan fingerprint density at radius 3 is 2.76 bits per heavy atom. The number of imidazole rings is 1. The average Bonchev–Trinajstić information content (AvgIpc) is 3.47. The van der Waals surface area contributed by atoms with E-state index >= 15 is 0 Å². The van der Waals surface area contributed by atoms with E-state index < -0.39 is 10.0 Å². The van der Waals surface area contributed by atoms with Crippen molar-refractivity contribution >= 4 is 84.1 Å². The molecule has 7 nitrogen and oxygen atoms in total. The molecular weight excluding hydrogens is 560 g/mol. The van der Waals surface area contributed by atoms with Gasteiger partial charge in [0.1, 0.15) is 0 Å². The molecule has 0 saturated carbocycles. The first-order valence-electron chi connectivity index (χ1n) is 10.2. The van der Waals surface area contributed by atoms with Gasteiger partial charge in [-0.15, -0.1) is 11.3 Å². The Hall–Kier alpha value is -1.59. The minimum absolute atomic E-state index is 0.0152. The molecule has 2 aromatic heterocycles. The number of allylic oxidation sites excluding steroid dienone is 3. The van der Waals surface area contributed by atoms with Crippen molar-refractivity contribution in [2.75, 3.05) is 11.6 Å². The maximum atomic E-state index is 13.1. The molecule has 1 aliphatic carbocycles. The van der Waals surface area contributed by atoms with Gasteiger partial charge in [-0.3, -0.25) is 9.41 Å². The van der Waals surface area contributed by atoms with Gasteiger partial charge in [0.25, 0.3) is 10.0 Å². The summed E-state index contributed by atoms with van der Waals surface area (Å²) in [5.74, 6) is 0.113. The summed E-state index contributed by atoms with van der Waals surface area (Å²) in [5.41, 5.74) is 1.36. The largest absolute Gasteiger partial charge is 0.279 e. The zero-order valence-corrected chi connectivity index (χ0v) is 22.0. The number of hydrogen-bond acceptors (Lipinski definition) is 6. The van der Waals surface area contributed by atoms with Crippen LogP contribution < -0.4 is 9.73 Å². The summed E-state index contributed by atoms with van der Waals surface area (Å²) in [5, 5.41) is 9.83. The van der Waals surface area contributed by atoms with Gasteiger partial charge >= 0.3 is 0 Å². The maximum Gasteiger partial charge on any atom is 0.260 e. The number of aromatic nitrogens is 2. The number of fused-ring (bicyclic) bond motifs is 1. The molecule has 0 fully saturated rings. The van der Waals surface area contributed by atoms with Crippen LogP contribution in [0.15, 0.2) is 63.2 Å². The second kappa shape index (κ2) is 9.46. The van der Waals surface area contributed by atoms with Crippen molar-refractivity contribution in [3.05, 3.63) is 68.2 Å². The van der Waals surface area contributed by atoms with Crippen molar-refractivity contribution in [1.29, 1.82) is 0 Å². The first-order valence-corrected chi connectivity index (χ1v) is 14.1.